The summed E-state index contributed by atoms with van der Waals surface area (Å²) in [6, 6.07) is 11.6. The van der Waals surface area contributed by atoms with Gasteiger partial charge in [-0.3, -0.25) is 5.10 Å². The fraction of sp³-hybridized carbons (Fsp3) is 0.160. The quantitative estimate of drug-likeness (QED) is 0.240. The first kappa shape index (κ1) is 26.7. The Hall–Kier alpha value is -3.37. The molecule has 0 amide bonds. The fourth-order valence-electron chi connectivity index (χ4n) is 3.68. The number of aromatic amines is 1. The summed E-state index contributed by atoms with van der Waals surface area (Å²) < 4.78 is 86.0. The molecule has 0 aliphatic rings. The van der Waals surface area contributed by atoms with E-state index in [0.29, 0.717) is 22.2 Å². The van der Waals surface area contributed by atoms with E-state index in [1.807, 2.05) is 5.10 Å². The molecule has 0 aliphatic heterocycles. The number of ether oxygens (including phenoxy) is 1. The monoisotopic (exact) mass is 560 g/mol. The maximum absolute atomic E-state index is 13.6. The lowest BCUT2D eigenvalue weighted by Gasteiger charge is -2.19. The summed E-state index contributed by atoms with van der Waals surface area (Å²) in [6.07, 6.45) is -9.53. The van der Waals surface area contributed by atoms with E-state index in [-0.39, 0.29) is 34.7 Å². The number of aromatic nitrogens is 2. The molecular weight excluding hydrogens is 545 g/mol. The molecule has 2 N–H and O–H groups in total. The highest BCUT2D eigenvalue weighted by atomic mass is 35.5. The van der Waals surface area contributed by atoms with Gasteiger partial charge in [-0.2, -0.15) is 31.4 Å². The molecule has 1 heterocycles. The van der Waals surface area contributed by atoms with E-state index in [9.17, 15) is 31.4 Å². The number of benzene rings is 3. The lowest BCUT2D eigenvalue weighted by atomic mass is 9.94. The Balaban J connectivity index is 1.89. The Labute approximate surface area is 216 Å². The summed E-state index contributed by atoms with van der Waals surface area (Å²) in [6.45, 7) is 1.51. The van der Waals surface area contributed by atoms with Crippen LogP contribution in [0, 0.1) is 6.92 Å². The minimum Gasteiger partial charge on any atom is -0.506 e. The first-order valence-corrected chi connectivity index (χ1v) is 11.2. The number of phenolic OH excluding ortho intramolecular Hbond substituents is 1. The molecule has 12 heteroatoms. The largest absolute Gasteiger partial charge is 0.506 e. The molecule has 4 aromatic rings. The molecular formula is C25H16Cl2F6N2O2. The van der Waals surface area contributed by atoms with Crippen molar-refractivity contribution in [1.29, 1.82) is 0 Å². The smallest absolute Gasteiger partial charge is 0.432 e. The lowest BCUT2D eigenvalue weighted by molar-refractivity contribution is -0.141. The normalized spacial score (nSPS) is 12.1. The van der Waals surface area contributed by atoms with Crippen molar-refractivity contribution in [3.63, 3.8) is 0 Å². The van der Waals surface area contributed by atoms with E-state index in [1.54, 1.807) is 31.2 Å². The summed E-state index contributed by atoms with van der Waals surface area (Å²) in [5, 5.41) is 16.6. The van der Waals surface area contributed by atoms with Crippen LogP contribution in [0.3, 0.4) is 0 Å². The van der Waals surface area contributed by atoms with Crippen LogP contribution in [0.2, 0.25) is 10.0 Å². The fourth-order valence-corrected chi connectivity index (χ4v) is 4.03. The number of nitrogens with one attached hydrogen (secondary N) is 1. The first-order valence-electron chi connectivity index (χ1n) is 10.5. The van der Waals surface area contributed by atoms with Crippen molar-refractivity contribution in [2.75, 3.05) is 0 Å². The van der Waals surface area contributed by atoms with Gasteiger partial charge in [0.05, 0.1) is 21.8 Å². The number of nitrogens with zero attached hydrogens (tertiary/aromatic N) is 1. The topological polar surface area (TPSA) is 58.1 Å². The predicted octanol–water partition coefficient (Wildman–Crippen LogP) is 8.68. The Morgan fingerprint density at radius 3 is 2.19 bits per heavy atom. The van der Waals surface area contributed by atoms with Crippen LogP contribution in [0.4, 0.5) is 26.3 Å². The number of aromatic hydroxyl groups is 1. The van der Waals surface area contributed by atoms with Crippen molar-refractivity contribution in [2.45, 2.75) is 25.9 Å². The summed E-state index contributed by atoms with van der Waals surface area (Å²) in [5.74, 6) is -0.592. The van der Waals surface area contributed by atoms with Crippen molar-refractivity contribution < 1.29 is 36.2 Å². The van der Waals surface area contributed by atoms with Gasteiger partial charge in [0.25, 0.3) is 0 Å². The van der Waals surface area contributed by atoms with Gasteiger partial charge < -0.3 is 9.84 Å². The molecule has 0 fully saturated rings. The molecule has 0 radical (unpaired) electrons. The van der Waals surface area contributed by atoms with Crippen LogP contribution in [-0.2, 0) is 19.0 Å². The zero-order chi connectivity index (χ0) is 27.1. The molecule has 0 aliphatic carbocycles. The first-order chi connectivity index (χ1) is 17.3. The van der Waals surface area contributed by atoms with E-state index in [4.69, 9.17) is 27.9 Å². The van der Waals surface area contributed by atoms with Crippen molar-refractivity contribution in [3.8, 4) is 33.9 Å². The van der Waals surface area contributed by atoms with Gasteiger partial charge in [0, 0.05) is 10.6 Å². The van der Waals surface area contributed by atoms with Crippen molar-refractivity contribution in [3.05, 3.63) is 87.0 Å². The molecule has 4 nitrogen and oxygen atoms in total. The summed E-state index contributed by atoms with van der Waals surface area (Å²) in [4.78, 5) is 0. The van der Waals surface area contributed by atoms with E-state index in [2.05, 4.69) is 5.10 Å². The van der Waals surface area contributed by atoms with Crippen molar-refractivity contribution >= 4 is 23.2 Å². The number of hydrogen-bond acceptors (Lipinski definition) is 3. The third-order valence-corrected chi connectivity index (χ3v) is 6.04. The standard InChI is InChI=1S/C25H16Cl2F6N2O2/c1-12-8-16(19-10-20(35-34-19)25(31,32)33)22(36)21(14-4-7-18(27)17(9-14)24(28,29)30)23(12)37-11-13-2-5-15(26)6-3-13/h2-10,36H,11H2,1H3,(H,34,35). The van der Waals surface area contributed by atoms with E-state index < -0.39 is 34.4 Å². The molecule has 4 rings (SSSR count). The van der Waals surface area contributed by atoms with Gasteiger partial charge in [-0.1, -0.05) is 41.4 Å². The van der Waals surface area contributed by atoms with Crippen LogP contribution in [0.1, 0.15) is 22.4 Å². The number of phenols is 1. The second-order valence-corrected chi connectivity index (χ2v) is 8.91. The molecule has 0 bridgehead atoms. The molecule has 0 unspecified atom stereocenters. The molecule has 194 valence electrons. The Morgan fingerprint density at radius 1 is 0.919 bits per heavy atom. The van der Waals surface area contributed by atoms with Crippen LogP contribution < -0.4 is 4.74 Å². The predicted molar refractivity (Wildman–Crippen MR) is 127 cm³/mol. The minimum atomic E-state index is -4.80. The third-order valence-electron chi connectivity index (χ3n) is 5.45. The van der Waals surface area contributed by atoms with Gasteiger partial charge in [0.1, 0.15) is 23.8 Å². The van der Waals surface area contributed by atoms with E-state index in [1.165, 1.54) is 12.1 Å². The number of halogens is 8. The molecule has 3 aromatic carbocycles. The van der Waals surface area contributed by atoms with Gasteiger partial charge in [-0.25, -0.2) is 0 Å². The Kier molecular flexibility index (Phi) is 7.09. The van der Waals surface area contributed by atoms with E-state index in [0.717, 1.165) is 12.1 Å². The Bertz CT molecular complexity index is 1450. The van der Waals surface area contributed by atoms with Gasteiger partial charge in [-0.05, 0) is 60.0 Å². The molecule has 1 aromatic heterocycles. The van der Waals surface area contributed by atoms with Crippen molar-refractivity contribution in [1.82, 2.24) is 10.2 Å². The van der Waals surface area contributed by atoms with Gasteiger partial charge in [-0.15, -0.1) is 0 Å². The molecule has 0 atom stereocenters. The molecule has 0 saturated heterocycles. The SMILES string of the molecule is Cc1cc(-c2cc(C(F)(F)F)[nH]n2)c(O)c(-c2ccc(Cl)c(C(F)(F)F)c2)c1OCc1ccc(Cl)cc1. The number of H-pyrrole nitrogens is 1. The second-order valence-electron chi connectivity index (χ2n) is 8.07. The number of rotatable bonds is 5. The average Bonchev–Trinajstić information content (AvgIpc) is 3.31. The molecule has 0 saturated carbocycles. The third kappa shape index (κ3) is 5.65. The summed E-state index contributed by atoms with van der Waals surface area (Å²) >= 11 is 11.7. The number of hydrogen-bond donors (Lipinski definition) is 2. The van der Waals surface area contributed by atoms with Gasteiger partial charge in [0.2, 0.25) is 0 Å². The van der Waals surface area contributed by atoms with Crippen LogP contribution >= 0.6 is 23.2 Å². The zero-order valence-corrected chi connectivity index (χ0v) is 20.2. The van der Waals surface area contributed by atoms with E-state index >= 15 is 0 Å². The second kappa shape index (κ2) is 9.83. The maximum Gasteiger partial charge on any atom is 0.432 e. The van der Waals surface area contributed by atoms with Crippen LogP contribution in [-0.4, -0.2) is 15.3 Å². The number of alkyl halides is 6. The molecule has 0 spiro atoms. The van der Waals surface area contributed by atoms with Crippen LogP contribution in [0.5, 0.6) is 11.5 Å². The highest BCUT2D eigenvalue weighted by Crippen LogP contribution is 2.48. The average molecular weight is 561 g/mol. The molecule has 37 heavy (non-hydrogen) atoms. The lowest BCUT2D eigenvalue weighted by Crippen LogP contribution is -2.06. The van der Waals surface area contributed by atoms with Crippen molar-refractivity contribution in [2.24, 2.45) is 0 Å². The minimum absolute atomic E-state index is 0.0261. The Morgan fingerprint density at radius 2 is 1.59 bits per heavy atom. The highest BCUT2D eigenvalue weighted by Gasteiger charge is 2.35. The zero-order valence-electron chi connectivity index (χ0n) is 18.7. The maximum atomic E-state index is 13.6. The van der Waals surface area contributed by atoms with Gasteiger partial charge >= 0.3 is 12.4 Å². The summed E-state index contributed by atoms with van der Waals surface area (Å²) in [7, 11) is 0. The number of aryl methyl sites for hydroxylation is 1. The van der Waals surface area contributed by atoms with Crippen LogP contribution in [0.15, 0.2) is 54.6 Å². The summed E-state index contributed by atoms with van der Waals surface area (Å²) in [5.41, 5.74) is -1.99. The van der Waals surface area contributed by atoms with Gasteiger partial charge in [0.15, 0.2) is 0 Å². The van der Waals surface area contributed by atoms with Crippen LogP contribution in [0.25, 0.3) is 22.4 Å². The highest BCUT2D eigenvalue weighted by molar-refractivity contribution is 6.31.